The first-order valence-electron chi connectivity index (χ1n) is 5.45. The molecule has 0 saturated heterocycles. The lowest BCUT2D eigenvalue weighted by Gasteiger charge is -2.26. The predicted molar refractivity (Wildman–Crippen MR) is 57.6 cm³/mol. The van der Waals surface area contributed by atoms with Gasteiger partial charge < -0.3 is 10.5 Å². The molecule has 1 fully saturated rings. The largest absolute Gasteiger partial charge is 0.473 e. The molecule has 0 aliphatic heterocycles. The molecule has 2 rings (SSSR count). The monoisotopic (exact) mass is 207 g/mol. The van der Waals surface area contributed by atoms with E-state index in [4.69, 9.17) is 10.5 Å². The zero-order valence-corrected chi connectivity index (χ0v) is 9.02. The van der Waals surface area contributed by atoms with Gasteiger partial charge in [-0.15, -0.1) is 0 Å². The van der Waals surface area contributed by atoms with E-state index in [9.17, 15) is 0 Å². The van der Waals surface area contributed by atoms with Gasteiger partial charge in [-0.3, -0.25) is 4.98 Å². The van der Waals surface area contributed by atoms with E-state index in [1.54, 1.807) is 12.4 Å². The molecule has 0 atom stereocenters. The summed E-state index contributed by atoms with van der Waals surface area (Å²) < 4.78 is 5.81. The summed E-state index contributed by atoms with van der Waals surface area (Å²) >= 11 is 0. The van der Waals surface area contributed by atoms with Gasteiger partial charge in [0.25, 0.3) is 0 Å². The van der Waals surface area contributed by atoms with Crippen LogP contribution in [-0.2, 0) is 0 Å². The Kier molecular flexibility index (Phi) is 3.16. The Morgan fingerprint density at radius 3 is 2.53 bits per heavy atom. The van der Waals surface area contributed by atoms with Crippen molar-refractivity contribution in [2.45, 2.75) is 44.8 Å². The van der Waals surface area contributed by atoms with Crippen LogP contribution in [0.1, 0.15) is 31.4 Å². The Hall–Kier alpha value is -1.16. The van der Waals surface area contributed by atoms with Crippen molar-refractivity contribution in [1.82, 2.24) is 9.97 Å². The first-order valence-corrected chi connectivity index (χ1v) is 5.45. The maximum absolute atomic E-state index is 5.84. The van der Waals surface area contributed by atoms with E-state index >= 15 is 0 Å². The summed E-state index contributed by atoms with van der Waals surface area (Å²) in [5.41, 5.74) is 6.69. The molecular weight excluding hydrogens is 190 g/mol. The number of aromatic nitrogens is 2. The molecule has 4 nitrogen and oxygen atoms in total. The van der Waals surface area contributed by atoms with Gasteiger partial charge in [-0.2, -0.15) is 0 Å². The van der Waals surface area contributed by atoms with Crippen molar-refractivity contribution in [3.8, 4) is 5.88 Å². The van der Waals surface area contributed by atoms with Crippen LogP contribution in [0.2, 0.25) is 0 Å². The van der Waals surface area contributed by atoms with E-state index in [0.717, 1.165) is 31.4 Å². The highest BCUT2D eigenvalue weighted by atomic mass is 16.5. The number of aryl methyl sites for hydroxylation is 1. The van der Waals surface area contributed by atoms with Crippen LogP contribution in [0.15, 0.2) is 12.4 Å². The molecule has 1 aliphatic carbocycles. The van der Waals surface area contributed by atoms with Crippen LogP contribution < -0.4 is 10.5 Å². The molecule has 0 spiro atoms. The van der Waals surface area contributed by atoms with Crippen LogP contribution in [0.3, 0.4) is 0 Å². The van der Waals surface area contributed by atoms with Crippen molar-refractivity contribution < 1.29 is 4.74 Å². The number of hydrogen-bond acceptors (Lipinski definition) is 4. The smallest absolute Gasteiger partial charge is 0.235 e. The van der Waals surface area contributed by atoms with Crippen molar-refractivity contribution in [2.75, 3.05) is 0 Å². The van der Waals surface area contributed by atoms with Gasteiger partial charge in [-0.1, -0.05) is 0 Å². The van der Waals surface area contributed by atoms with Crippen LogP contribution in [0, 0.1) is 6.92 Å². The third-order valence-corrected chi connectivity index (χ3v) is 2.83. The highest BCUT2D eigenvalue weighted by molar-refractivity contribution is 5.15. The zero-order chi connectivity index (χ0) is 10.7. The number of ether oxygens (including phenoxy) is 1. The first-order chi connectivity index (χ1) is 7.25. The van der Waals surface area contributed by atoms with Gasteiger partial charge in [0.2, 0.25) is 5.88 Å². The fraction of sp³-hybridized carbons (Fsp3) is 0.636. The minimum atomic E-state index is 0.264. The number of nitrogens with zero attached hydrogens (tertiary/aromatic N) is 2. The van der Waals surface area contributed by atoms with Crippen molar-refractivity contribution in [3.63, 3.8) is 0 Å². The summed E-state index contributed by atoms with van der Waals surface area (Å²) in [7, 11) is 0. The molecule has 4 heteroatoms. The van der Waals surface area contributed by atoms with E-state index in [1.807, 2.05) is 6.92 Å². The topological polar surface area (TPSA) is 61.0 Å². The normalized spacial score (nSPS) is 26.3. The highest BCUT2D eigenvalue weighted by Gasteiger charge is 2.20. The molecule has 1 aliphatic rings. The fourth-order valence-corrected chi connectivity index (χ4v) is 1.87. The summed E-state index contributed by atoms with van der Waals surface area (Å²) in [5, 5.41) is 0. The summed E-state index contributed by atoms with van der Waals surface area (Å²) in [4.78, 5) is 8.32. The van der Waals surface area contributed by atoms with Gasteiger partial charge in [0.05, 0.1) is 5.69 Å². The quantitative estimate of drug-likeness (QED) is 0.797. The molecule has 15 heavy (non-hydrogen) atoms. The molecule has 0 unspecified atom stereocenters. The second-order valence-corrected chi connectivity index (χ2v) is 4.10. The minimum absolute atomic E-state index is 0.264. The molecule has 1 aromatic rings. The number of nitrogens with two attached hydrogens (primary N) is 1. The van der Waals surface area contributed by atoms with Gasteiger partial charge in [0.1, 0.15) is 6.10 Å². The second-order valence-electron chi connectivity index (χ2n) is 4.10. The molecule has 0 amide bonds. The van der Waals surface area contributed by atoms with Gasteiger partial charge in [-0.05, 0) is 32.6 Å². The Morgan fingerprint density at radius 2 is 1.87 bits per heavy atom. The Bertz CT molecular complexity index is 321. The highest BCUT2D eigenvalue weighted by Crippen LogP contribution is 2.22. The Morgan fingerprint density at radius 1 is 1.20 bits per heavy atom. The van der Waals surface area contributed by atoms with E-state index < -0.39 is 0 Å². The van der Waals surface area contributed by atoms with Crippen molar-refractivity contribution in [3.05, 3.63) is 18.1 Å². The average molecular weight is 207 g/mol. The average Bonchev–Trinajstić information content (AvgIpc) is 2.25. The minimum Gasteiger partial charge on any atom is -0.473 e. The van der Waals surface area contributed by atoms with Crippen LogP contribution in [0.5, 0.6) is 5.88 Å². The van der Waals surface area contributed by atoms with Gasteiger partial charge in [0, 0.05) is 18.4 Å². The van der Waals surface area contributed by atoms with Crippen LogP contribution in [0.4, 0.5) is 0 Å². The van der Waals surface area contributed by atoms with E-state index in [-0.39, 0.29) is 6.10 Å². The Labute approximate surface area is 89.9 Å². The van der Waals surface area contributed by atoms with E-state index in [2.05, 4.69) is 9.97 Å². The predicted octanol–water partition coefficient (Wildman–Crippen LogP) is 1.43. The molecular formula is C11H17N3O. The van der Waals surface area contributed by atoms with Gasteiger partial charge in [0.15, 0.2) is 0 Å². The number of rotatable bonds is 2. The number of hydrogen-bond donors (Lipinski definition) is 1. The molecule has 0 aromatic carbocycles. The zero-order valence-electron chi connectivity index (χ0n) is 9.02. The standard InChI is InChI=1S/C11H17N3O/c1-8-11(14-7-6-13-8)15-10-4-2-9(12)3-5-10/h6-7,9-10H,2-5,12H2,1H3. The summed E-state index contributed by atoms with van der Waals surface area (Å²) in [5.74, 6) is 0.665. The summed E-state index contributed by atoms with van der Waals surface area (Å²) in [6, 6.07) is 0.354. The molecule has 1 aromatic heterocycles. The second kappa shape index (κ2) is 4.57. The van der Waals surface area contributed by atoms with E-state index in [0.29, 0.717) is 11.9 Å². The third-order valence-electron chi connectivity index (χ3n) is 2.83. The lowest BCUT2D eigenvalue weighted by Crippen LogP contribution is -2.32. The Balaban J connectivity index is 1.95. The third kappa shape index (κ3) is 2.65. The van der Waals surface area contributed by atoms with Crippen molar-refractivity contribution in [2.24, 2.45) is 5.73 Å². The SMILES string of the molecule is Cc1nccnc1OC1CCC(N)CC1. The van der Waals surface area contributed by atoms with Crippen LogP contribution >= 0.6 is 0 Å². The van der Waals surface area contributed by atoms with Crippen LogP contribution in [0.25, 0.3) is 0 Å². The maximum Gasteiger partial charge on any atom is 0.235 e. The molecule has 1 heterocycles. The summed E-state index contributed by atoms with van der Waals surface area (Å²) in [6.07, 6.45) is 7.75. The molecule has 0 radical (unpaired) electrons. The molecule has 0 bridgehead atoms. The van der Waals surface area contributed by atoms with Gasteiger partial charge in [-0.25, -0.2) is 4.98 Å². The van der Waals surface area contributed by atoms with Gasteiger partial charge >= 0.3 is 0 Å². The lowest BCUT2D eigenvalue weighted by atomic mass is 9.94. The fourth-order valence-electron chi connectivity index (χ4n) is 1.87. The summed E-state index contributed by atoms with van der Waals surface area (Å²) in [6.45, 7) is 1.91. The van der Waals surface area contributed by atoms with Crippen LogP contribution in [-0.4, -0.2) is 22.1 Å². The molecule has 82 valence electrons. The molecule has 1 saturated carbocycles. The van der Waals surface area contributed by atoms with Crippen molar-refractivity contribution >= 4 is 0 Å². The van der Waals surface area contributed by atoms with Crippen molar-refractivity contribution in [1.29, 1.82) is 0 Å². The maximum atomic E-state index is 5.84. The lowest BCUT2D eigenvalue weighted by molar-refractivity contribution is 0.139. The van der Waals surface area contributed by atoms with E-state index in [1.165, 1.54) is 0 Å². The first kappa shape index (κ1) is 10.4. The molecule has 2 N–H and O–H groups in total.